The number of halogens is 1. The van der Waals surface area contributed by atoms with Crippen molar-refractivity contribution in [3.8, 4) is 5.75 Å². The molecule has 0 saturated carbocycles. The highest BCUT2D eigenvalue weighted by molar-refractivity contribution is 9.10. The predicted octanol–water partition coefficient (Wildman–Crippen LogP) is 3.14. The van der Waals surface area contributed by atoms with Gasteiger partial charge in [0.2, 0.25) is 5.91 Å². The van der Waals surface area contributed by atoms with Gasteiger partial charge in [-0.1, -0.05) is 20.8 Å². The molecular formula is C14H18BrNO4. The molecule has 0 heterocycles. The molecule has 1 rings (SSSR count). The minimum Gasteiger partial charge on any atom is -0.497 e. The highest BCUT2D eigenvalue weighted by atomic mass is 79.9. The Kier molecular flexibility index (Phi) is 5.16. The van der Waals surface area contributed by atoms with Gasteiger partial charge in [-0.25, -0.2) is 0 Å². The molecule has 0 aliphatic heterocycles. The van der Waals surface area contributed by atoms with Gasteiger partial charge in [0.05, 0.1) is 12.8 Å². The van der Waals surface area contributed by atoms with E-state index in [0.717, 1.165) is 0 Å². The largest absolute Gasteiger partial charge is 0.497 e. The van der Waals surface area contributed by atoms with E-state index in [0.29, 0.717) is 15.9 Å². The van der Waals surface area contributed by atoms with Crippen molar-refractivity contribution >= 4 is 33.5 Å². The van der Waals surface area contributed by atoms with E-state index in [1.54, 1.807) is 39.0 Å². The van der Waals surface area contributed by atoms with Crippen LogP contribution in [-0.4, -0.2) is 24.1 Å². The summed E-state index contributed by atoms with van der Waals surface area (Å²) in [6.45, 7) is 5.14. The number of nitrogens with one attached hydrogen (secondary N) is 1. The third kappa shape index (κ3) is 3.96. The fraction of sp³-hybridized carbons (Fsp3) is 0.429. The number of benzene rings is 1. The van der Waals surface area contributed by atoms with Gasteiger partial charge in [-0.05, 0) is 33.5 Å². The van der Waals surface area contributed by atoms with E-state index in [1.165, 1.54) is 7.11 Å². The molecule has 0 radical (unpaired) electrons. The number of carbonyl (C=O) groups is 2. The fourth-order valence-electron chi connectivity index (χ4n) is 1.81. The highest BCUT2D eigenvalue weighted by Gasteiger charge is 2.37. The molecule has 0 bridgehead atoms. The van der Waals surface area contributed by atoms with Gasteiger partial charge in [-0.2, -0.15) is 0 Å². The Hall–Kier alpha value is -1.56. The Morgan fingerprint density at radius 3 is 2.40 bits per heavy atom. The van der Waals surface area contributed by atoms with Gasteiger partial charge in [-0.15, -0.1) is 0 Å². The second-order valence-electron chi connectivity index (χ2n) is 5.47. The van der Waals surface area contributed by atoms with Crippen molar-refractivity contribution in [2.24, 2.45) is 11.3 Å². The van der Waals surface area contributed by atoms with Crippen molar-refractivity contribution in [2.75, 3.05) is 12.4 Å². The van der Waals surface area contributed by atoms with Crippen molar-refractivity contribution < 1.29 is 19.4 Å². The normalized spacial score (nSPS) is 12.7. The molecule has 20 heavy (non-hydrogen) atoms. The van der Waals surface area contributed by atoms with Crippen LogP contribution in [0.4, 0.5) is 5.69 Å². The Labute approximate surface area is 126 Å². The average Bonchev–Trinajstić information content (AvgIpc) is 2.29. The number of carboxylic acids is 1. The number of anilines is 1. The van der Waals surface area contributed by atoms with Crippen LogP contribution in [0.5, 0.6) is 5.75 Å². The molecule has 1 unspecified atom stereocenters. The van der Waals surface area contributed by atoms with Gasteiger partial charge in [0.1, 0.15) is 11.7 Å². The number of rotatable bonds is 4. The van der Waals surface area contributed by atoms with Crippen LogP contribution in [0.15, 0.2) is 22.7 Å². The molecule has 110 valence electrons. The smallest absolute Gasteiger partial charge is 0.316 e. The SMILES string of the molecule is COc1ccc(Br)c(NC(=O)C(C(=O)O)C(C)(C)C)c1. The van der Waals surface area contributed by atoms with Gasteiger partial charge in [0, 0.05) is 10.5 Å². The van der Waals surface area contributed by atoms with Crippen LogP contribution < -0.4 is 10.1 Å². The van der Waals surface area contributed by atoms with Crippen molar-refractivity contribution in [1.29, 1.82) is 0 Å². The van der Waals surface area contributed by atoms with E-state index >= 15 is 0 Å². The molecule has 1 atom stereocenters. The number of carboxylic acid groups (broad SMARTS) is 1. The summed E-state index contributed by atoms with van der Waals surface area (Å²) in [5, 5.41) is 11.9. The molecule has 1 aromatic rings. The van der Waals surface area contributed by atoms with E-state index in [1.807, 2.05) is 0 Å². The summed E-state index contributed by atoms with van der Waals surface area (Å²) in [6, 6.07) is 5.09. The molecule has 0 spiro atoms. The maximum absolute atomic E-state index is 12.2. The van der Waals surface area contributed by atoms with E-state index in [-0.39, 0.29) is 0 Å². The second-order valence-corrected chi connectivity index (χ2v) is 6.33. The van der Waals surface area contributed by atoms with E-state index in [9.17, 15) is 14.7 Å². The lowest BCUT2D eigenvalue weighted by molar-refractivity contribution is -0.149. The third-order valence-electron chi connectivity index (χ3n) is 2.81. The first-order valence-electron chi connectivity index (χ1n) is 6.04. The minimum absolute atomic E-state index is 0.477. The van der Waals surface area contributed by atoms with E-state index in [4.69, 9.17) is 4.74 Å². The van der Waals surface area contributed by atoms with Crippen molar-refractivity contribution in [3.63, 3.8) is 0 Å². The molecule has 1 aromatic carbocycles. The van der Waals surface area contributed by atoms with Crippen LogP contribution in [0.25, 0.3) is 0 Å². The maximum Gasteiger partial charge on any atom is 0.316 e. The summed E-state index contributed by atoms with van der Waals surface area (Å²) in [5.74, 6) is -2.26. The monoisotopic (exact) mass is 343 g/mol. The lowest BCUT2D eigenvalue weighted by atomic mass is 9.80. The molecule has 0 aromatic heterocycles. The van der Waals surface area contributed by atoms with Crippen molar-refractivity contribution in [2.45, 2.75) is 20.8 Å². The summed E-state index contributed by atoms with van der Waals surface area (Å²) in [7, 11) is 1.52. The maximum atomic E-state index is 12.2. The quantitative estimate of drug-likeness (QED) is 0.823. The van der Waals surface area contributed by atoms with Crippen LogP contribution in [0, 0.1) is 11.3 Å². The summed E-state index contributed by atoms with van der Waals surface area (Å²) in [5.41, 5.74) is -0.203. The van der Waals surface area contributed by atoms with Gasteiger partial charge in [-0.3, -0.25) is 9.59 Å². The van der Waals surface area contributed by atoms with Crippen molar-refractivity contribution in [1.82, 2.24) is 0 Å². The zero-order valence-corrected chi connectivity index (χ0v) is 13.4. The summed E-state index contributed by atoms with van der Waals surface area (Å²) in [6.07, 6.45) is 0. The minimum atomic E-state index is -1.14. The first kappa shape index (κ1) is 16.5. The number of hydrogen-bond donors (Lipinski definition) is 2. The fourth-order valence-corrected chi connectivity index (χ4v) is 2.15. The zero-order valence-electron chi connectivity index (χ0n) is 11.9. The van der Waals surface area contributed by atoms with Gasteiger partial charge >= 0.3 is 5.97 Å². The average molecular weight is 344 g/mol. The van der Waals surface area contributed by atoms with Crippen molar-refractivity contribution in [3.05, 3.63) is 22.7 Å². The van der Waals surface area contributed by atoms with Gasteiger partial charge < -0.3 is 15.2 Å². The Morgan fingerprint density at radius 1 is 1.35 bits per heavy atom. The third-order valence-corrected chi connectivity index (χ3v) is 3.50. The van der Waals surface area contributed by atoms with Crippen LogP contribution in [-0.2, 0) is 9.59 Å². The molecule has 6 heteroatoms. The van der Waals surface area contributed by atoms with Crippen LogP contribution in [0.1, 0.15) is 20.8 Å². The van der Waals surface area contributed by atoms with Crippen LogP contribution >= 0.6 is 15.9 Å². The van der Waals surface area contributed by atoms with Gasteiger partial charge in [0.15, 0.2) is 0 Å². The molecule has 0 aliphatic carbocycles. The van der Waals surface area contributed by atoms with Crippen LogP contribution in [0.3, 0.4) is 0 Å². The second kappa shape index (κ2) is 6.26. The molecule has 0 saturated heterocycles. The molecule has 1 amide bonds. The number of aliphatic carboxylic acids is 1. The molecule has 2 N–H and O–H groups in total. The summed E-state index contributed by atoms with van der Waals surface area (Å²) >= 11 is 3.31. The first-order chi connectivity index (χ1) is 9.16. The Balaban J connectivity index is 3.03. The highest BCUT2D eigenvalue weighted by Crippen LogP contribution is 2.31. The number of methoxy groups -OCH3 is 1. The van der Waals surface area contributed by atoms with Gasteiger partial charge in [0.25, 0.3) is 0 Å². The lowest BCUT2D eigenvalue weighted by Crippen LogP contribution is -2.39. The standard InChI is InChI=1S/C14H18BrNO4/c1-14(2,3)11(13(18)19)12(17)16-10-7-8(20-4)5-6-9(10)15/h5-7,11H,1-4H3,(H,16,17)(H,18,19). The molecule has 5 nitrogen and oxygen atoms in total. The number of ether oxygens (including phenoxy) is 1. The number of carbonyl (C=O) groups excluding carboxylic acids is 1. The zero-order chi connectivity index (χ0) is 15.5. The number of hydrogen-bond acceptors (Lipinski definition) is 3. The summed E-state index contributed by atoms with van der Waals surface area (Å²) in [4.78, 5) is 23.5. The predicted molar refractivity (Wildman–Crippen MR) is 79.9 cm³/mol. The van der Waals surface area contributed by atoms with E-state index in [2.05, 4.69) is 21.2 Å². The summed E-state index contributed by atoms with van der Waals surface area (Å²) < 4.78 is 5.74. The topological polar surface area (TPSA) is 75.6 Å². The Morgan fingerprint density at radius 2 is 1.95 bits per heavy atom. The molecule has 0 aliphatic rings. The lowest BCUT2D eigenvalue weighted by Gasteiger charge is -2.26. The molecule has 0 fully saturated rings. The Bertz CT molecular complexity index is 522. The van der Waals surface area contributed by atoms with E-state index < -0.39 is 23.2 Å². The number of amides is 1. The first-order valence-corrected chi connectivity index (χ1v) is 6.83. The molecular weight excluding hydrogens is 326 g/mol. The van der Waals surface area contributed by atoms with Crippen LogP contribution in [0.2, 0.25) is 0 Å².